The van der Waals surface area contributed by atoms with Crippen LogP contribution in [0.4, 0.5) is 0 Å². The van der Waals surface area contributed by atoms with E-state index < -0.39 is 151 Å². The van der Waals surface area contributed by atoms with Crippen LogP contribution < -0.4 is 43.0 Å². The van der Waals surface area contributed by atoms with Gasteiger partial charge in [0.05, 0.1) is 25.4 Å². The third kappa shape index (κ3) is 18.8. The van der Waals surface area contributed by atoms with Crippen LogP contribution in [0.15, 0.2) is 24.3 Å². The summed E-state index contributed by atoms with van der Waals surface area (Å²) in [5.41, 5.74) is 5.94. The van der Waals surface area contributed by atoms with Crippen molar-refractivity contribution in [1.29, 1.82) is 0 Å². The molecule has 3 fully saturated rings. The minimum Gasteiger partial charge on any atom is -0.508 e. The molecule has 10 N–H and O–H groups in total. The van der Waals surface area contributed by atoms with Crippen LogP contribution in [0.2, 0.25) is 0 Å². The number of ketones is 1. The molecular weight excluding hydrogens is 1000 g/mol. The summed E-state index contributed by atoms with van der Waals surface area (Å²) in [4.78, 5) is 169. The topological polar surface area (TPSA) is 351 Å². The zero-order valence-corrected chi connectivity index (χ0v) is 45.6. The molecule has 24 heteroatoms. The quantitative estimate of drug-likeness (QED) is 0.0792. The largest absolute Gasteiger partial charge is 0.508 e. The molecule has 10 amide bonds. The average Bonchev–Trinajstić information content (AvgIpc) is 4.02. The van der Waals surface area contributed by atoms with Gasteiger partial charge in [-0.1, -0.05) is 73.9 Å². The molecule has 426 valence electrons. The number of nitrogens with one attached hydrogen (secondary N) is 7. The third-order valence-corrected chi connectivity index (χ3v) is 13.8. The summed E-state index contributed by atoms with van der Waals surface area (Å²) in [5, 5.41) is 28.1. The second kappa shape index (κ2) is 29.4. The molecule has 1 aromatic rings. The molecule has 0 spiro atoms. The van der Waals surface area contributed by atoms with Gasteiger partial charge >= 0.3 is 5.97 Å². The minimum absolute atomic E-state index is 0.00411. The van der Waals surface area contributed by atoms with Crippen LogP contribution >= 0.6 is 0 Å². The van der Waals surface area contributed by atoms with Crippen LogP contribution in [0.1, 0.15) is 125 Å². The van der Waals surface area contributed by atoms with E-state index in [0.29, 0.717) is 18.4 Å². The maximum Gasteiger partial charge on any atom is 0.328 e. The first kappa shape index (κ1) is 62.4. The van der Waals surface area contributed by atoms with Gasteiger partial charge in [0, 0.05) is 25.9 Å². The first-order chi connectivity index (χ1) is 36.3. The Morgan fingerprint density at radius 1 is 0.779 bits per heavy atom. The lowest BCUT2D eigenvalue weighted by Gasteiger charge is -2.32. The number of Topliss-reactive ketones (excluding diaryl/α,β-unsaturated/α-hetero) is 1. The molecule has 0 saturated carbocycles. The van der Waals surface area contributed by atoms with Gasteiger partial charge in [0.1, 0.15) is 54.6 Å². The van der Waals surface area contributed by atoms with Crippen molar-refractivity contribution in [2.45, 2.75) is 174 Å². The lowest BCUT2D eigenvalue weighted by Crippen LogP contribution is -2.60. The number of nitrogens with two attached hydrogens (primary N) is 1. The number of amides is 10. The number of carbonyl (C=O) groups is 12. The highest BCUT2D eigenvalue weighted by molar-refractivity contribution is 6.04. The fourth-order valence-electron chi connectivity index (χ4n) is 9.61. The predicted molar refractivity (Wildman–Crippen MR) is 278 cm³/mol. The number of aromatic hydroxyl groups is 1. The number of phenolic OH excluding ortho intramolecular Hbond substituents is 1. The van der Waals surface area contributed by atoms with Gasteiger partial charge in [-0.3, -0.25) is 52.7 Å². The van der Waals surface area contributed by atoms with Crippen LogP contribution in [-0.4, -0.2) is 160 Å². The van der Waals surface area contributed by atoms with Crippen molar-refractivity contribution in [2.24, 2.45) is 29.4 Å². The zero-order chi connectivity index (χ0) is 57.3. The fraction of sp³-hybridized carbons (Fsp3) is 0.660. The number of hydrogen-bond acceptors (Lipinski definition) is 14. The number of rotatable bonds is 15. The van der Waals surface area contributed by atoms with E-state index in [1.807, 2.05) is 6.92 Å². The van der Waals surface area contributed by atoms with Crippen molar-refractivity contribution in [1.82, 2.24) is 47.0 Å². The van der Waals surface area contributed by atoms with Crippen LogP contribution in [0.25, 0.3) is 0 Å². The maximum absolute atomic E-state index is 14.9. The Morgan fingerprint density at radius 3 is 2.04 bits per heavy atom. The second-order valence-corrected chi connectivity index (χ2v) is 21.4. The Balaban J connectivity index is 1.81. The highest BCUT2D eigenvalue weighted by Gasteiger charge is 2.45. The fourth-order valence-corrected chi connectivity index (χ4v) is 9.61. The first-order valence-electron chi connectivity index (χ1n) is 26.7. The smallest absolute Gasteiger partial charge is 0.328 e. The normalized spacial score (nSPS) is 25.8. The third-order valence-electron chi connectivity index (χ3n) is 13.8. The number of primary amides is 1. The van der Waals surface area contributed by atoms with E-state index in [1.165, 1.54) is 34.1 Å². The molecule has 0 unspecified atom stereocenters. The van der Waals surface area contributed by atoms with Crippen molar-refractivity contribution in [3.8, 4) is 5.75 Å². The van der Waals surface area contributed by atoms with E-state index in [4.69, 9.17) is 10.5 Å². The van der Waals surface area contributed by atoms with Gasteiger partial charge in [-0.15, -0.1) is 0 Å². The van der Waals surface area contributed by atoms with Gasteiger partial charge in [0.2, 0.25) is 59.1 Å². The number of phenols is 1. The van der Waals surface area contributed by atoms with Gasteiger partial charge in [-0.2, -0.15) is 0 Å². The Bertz CT molecular complexity index is 2330. The van der Waals surface area contributed by atoms with Crippen LogP contribution in [-0.2, 0) is 68.7 Å². The number of fused-ring (bicyclic) bond motifs is 2. The van der Waals surface area contributed by atoms with Gasteiger partial charge in [0.15, 0.2) is 5.78 Å². The van der Waals surface area contributed by atoms with Crippen molar-refractivity contribution in [3.05, 3.63) is 29.8 Å². The molecule has 0 aromatic heterocycles. The Hall–Kier alpha value is -7.14. The molecule has 0 aliphatic carbocycles. The molecule has 3 saturated heterocycles. The van der Waals surface area contributed by atoms with E-state index in [1.54, 1.807) is 48.5 Å². The van der Waals surface area contributed by atoms with Gasteiger partial charge in [-0.05, 0) is 79.9 Å². The Morgan fingerprint density at radius 2 is 1.42 bits per heavy atom. The van der Waals surface area contributed by atoms with Crippen LogP contribution in [0.5, 0.6) is 5.75 Å². The standard InChI is InChI=1S/C53H80N10O14/c1-9-12-43(67)61-46(31(8)10-2)50(73)60-38-27-77-53(76)39-13-11-18-62(39)51(74)37(22-32-14-16-33(64)17-15-32)59-48(71)36(23-42(54)66)57-45(69)25-55-47(70)35(20-29(5)6)56-44(68)24-41(65)34(19-28(3)4)58-49(72)40-21-30(7)26-63(40)52(38)75/h14-17,28-31,34-40,46,64H,9-13,18-27H2,1-8H3,(H2,54,66)(H,55,70)(H,56,68)(H,57,69)(H,58,72)(H,59,71)(H,60,73)(H,61,67)/t30-,31+,34+,35+,36-,37-,38-,39-,40-,46-/m0/s1. The number of carbonyl (C=O) groups excluding carboxylic acids is 12. The number of esters is 1. The number of benzene rings is 1. The lowest BCUT2D eigenvalue weighted by molar-refractivity contribution is -0.157. The van der Waals surface area contributed by atoms with E-state index in [-0.39, 0.29) is 81.5 Å². The molecule has 77 heavy (non-hydrogen) atoms. The van der Waals surface area contributed by atoms with Crippen molar-refractivity contribution in [3.63, 3.8) is 0 Å². The average molecular weight is 1080 g/mol. The number of cyclic esters (lactones) is 1. The van der Waals surface area contributed by atoms with Gasteiger partial charge < -0.3 is 62.6 Å². The number of ether oxygens (including phenoxy) is 1. The summed E-state index contributed by atoms with van der Waals surface area (Å²) < 4.78 is 5.82. The summed E-state index contributed by atoms with van der Waals surface area (Å²) in [6.45, 7) is 12.7. The first-order valence-corrected chi connectivity index (χ1v) is 26.7. The summed E-state index contributed by atoms with van der Waals surface area (Å²) in [6, 6.07) is -5.23. The van der Waals surface area contributed by atoms with Crippen LogP contribution in [0.3, 0.4) is 0 Å². The predicted octanol–water partition coefficient (Wildman–Crippen LogP) is -0.482. The van der Waals surface area contributed by atoms with Gasteiger partial charge in [0.25, 0.3) is 0 Å². The lowest BCUT2D eigenvalue weighted by atomic mass is 9.97. The van der Waals surface area contributed by atoms with Gasteiger partial charge in [-0.25, -0.2) is 4.79 Å². The zero-order valence-electron chi connectivity index (χ0n) is 45.6. The molecule has 0 bridgehead atoms. The van der Waals surface area contributed by atoms with E-state index >= 15 is 0 Å². The highest BCUT2D eigenvalue weighted by atomic mass is 16.5. The molecule has 3 heterocycles. The number of nitrogens with zero attached hydrogens (tertiary/aromatic N) is 2. The van der Waals surface area contributed by atoms with Crippen molar-refractivity contribution < 1.29 is 67.4 Å². The molecule has 4 rings (SSSR count). The minimum atomic E-state index is -1.69. The molecule has 10 atom stereocenters. The molecular formula is C53H80N10O14. The highest BCUT2D eigenvalue weighted by Crippen LogP contribution is 2.26. The Kier molecular flexibility index (Phi) is 23.8. The SMILES string of the molecule is CCCC(=O)N[C@H](C(=O)N[C@H]1COC(=O)[C@@H]2CCCN2C(=O)[C@H](Cc2ccc(O)cc2)NC(=O)[C@H](CC(N)=O)NC(=O)CNC(=O)[C@@H](CC(C)C)NC(=O)CC(=O)[C@@H](CC(C)C)NC(=O)[C@@H]2C[C@H](C)CN2C1=O)[C@H](C)CC. The van der Waals surface area contributed by atoms with Crippen molar-refractivity contribution in [2.75, 3.05) is 26.2 Å². The Labute approximate surface area is 449 Å². The van der Waals surface area contributed by atoms with Crippen LogP contribution in [0, 0.1) is 23.7 Å². The maximum atomic E-state index is 14.9. The molecule has 1 aromatic carbocycles. The monoisotopic (exact) mass is 1080 g/mol. The van der Waals surface area contributed by atoms with E-state index in [0.717, 1.165) is 0 Å². The summed E-state index contributed by atoms with van der Waals surface area (Å²) in [7, 11) is 0. The van der Waals surface area contributed by atoms with E-state index in [2.05, 4.69) is 37.2 Å². The molecule has 24 nitrogen and oxygen atoms in total. The second-order valence-electron chi connectivity index (χ2n) is 21.4. The summed E-state index contributed by atoms with van der Waals surface area (Å²) in [5.74, 6) is -11.1. The summed E-state index contributed by atoms with van der Waals surface area (Å²) in [6.07, 6.45) is -0.0689. The molecule has 3 aliphatic heterocycles. The molecule has 3 aliphatic rings. The van der Waals surface area contributed by atoms with Crippen molar-refractivity contribution >= 4 is 70.8 Å². The number of hydrogen-bond donors (Lipinski definition) is 9. The molecule has 0 radical (unpaired) electrons. The van der Waals surface area contributed by atoms with E-state index in [9.17, 15) is 62.6 Å². The summed E-state index contributed by atoms with van der Waals surface area (Å²) >= 11 is 0.